The predicted molar refractivity (Wildman–Crippen MR) is 107 cm³/mol. The molecule has 0 N–H and O–H groups in total. The molecule has 2 unspecified atom stereocenters. The number of fused-ring (bicyclic) bond motifs is 1. The van der Waals surface area contributed by atoms with Crippen LogP contribution in [0.15, 0.2) is 18.2 Å². The monoisotopic (exact) mass is 408 g/mol. The van der Waals surface area contributed by atoms with Gasteiger partial charge in [0.05, 0.1) is 19.8 Å². The minimum absolute atomic E-state index is 0.550. The molecule has 4 heteroatoms. The van der Waals surface area contributed by atoms with E-state index >= 15 is 0 Å². The minimum atomic E-state index is 0.550. The van der Waals surface area contributed by atoms with Gasteiger partial charge in [-0.05, 0) is 68.7 Å². The molecular weight excluding hydrogens is 378 g/mol. The molecular formula is C21H31BrNO2. The van der Waals surface area contributed by atoms with Crippen molar-refractivity contribution in [3.8, 4) is 5.75 Å². The molecule has 1 aromatic carbocycles. The van der Waals surface area contributed by atoms with Crippen LogP contribution in [0.2, 0.25) is 0 Å². The van der Waals surface area contributed by atoms with Crippen molar-refractivity contribution in [3.05, 3.63) is 35.7 Å². The number of hydrogen-bond donors (Lipinski definition) is 0. The predicted octanol–water partition coefficient (Wildman–Crippen LogP) is 4.41. The normalized spacial score (nSPS) is 24.1. The highest BCUT2D eigenvalue weighted by molar-refractivity contribution is 9.09. The average molecular weight is 409 g/mol. The van der Waals surface area contributed by atoms with Gasteiger partial charge in [0, 0.05) is 17.4 Å². The number of morpholine rings is 1. The fraction of sp³-hybridized carbons (Fsp3) is 0.667. The summed E-state index contributed by atoms with van der Waals surface area (Å²) in [6, 6.07) is 7.08. The Hall–Kier alpha value is -0.580. The molecule has 25 heavy (non-hydrogen) atoms. The Bertz CT molecular complexity index is 537. The summed E-state index contributed by atoms with van der Waals surface area (Å²) in [6.45, 7) is 6.91. The third-order valence-electron chi connectivity index (χ3n) is 5.38. The zero-order valence-electron chi connectivity index (χ0n) is 15.4. The lowest BCUT2D eigenvalue weighted by Crippen LogP contribution is -2.45. The molecule has 1 radical (unpaired) electrons. The van der Waals surface area contributed by atoms with Crippen molar-refractivity contribution < 1.29 is 9.47 Å². The standard InChI is InChI=1S/C21H31BrNO2/c1-2-3-11-23-12-14-24-16-19(23)7-5-13-25-21-8-4-6-17-9-10-18(22)15-20(17)21/h2,4,6,8,18-19H,3,5,7,9-16H2,1H3. The molecule has 1 heterocycles. The molecule has 1 saturated heterocycles. The van der Waals surface area contributed by atoms with E-state index in [1.165, 1.54) is 17.5 Å². The summed E-state index contributed by atoms with van der Waals surface area (Å²) in [5, 5.41) is 0. The van der Waals surface area contributed by atoms with Crippen LogP contribution in [0.3, 0.4) is 0 Å². The van der Waals surface area contributed by atoms with Gasteiger partial charge in [-0.15, -0.1) is 0 Å². The molecule has 0 spiro atoms. The molecule has 1 aromatic rings. The lowest BCUT2D eigenvalue weighted by Gasteiger charge is -2.35. The van der Waals surface area contributed by atoms with Gasteiger partial charge in [0.2, 0.25) is 0 Å². The SMILES string of the molecule is C[CH]CCN1CCOCC1CCCOc1cccc2c1CC(Br)CC2. The average Bonchev–Trinajstić information content (AvgIpc) is 2.64. The van der Waals surface area contributed by atoms with E-state index in [2.05, 4.69) is 52.4 Å². The highest BCUT2D eigenvalue weighted by Gasteiger charge is 2.22. The first-order chi connectivity index (χ1) is 12.3. The van der Waals surface area contributed by atoms with E-state index in [0.717, 1.165) is 70.8 Å². The van der Waals surface area contributed by atoms with Gasteiger partial charge in [-0.3, -0.25) is 4.90 Å². The van der Waals surface area contributed by atoms with Crippen molar-refractivity contribution in [2.24, 2.45) is 0 Å². The number of unbranched alkanes of at least 4 members (excludes halogenated alkanes) is 1. The number of halogens is 1. The maximum Gasteiger partial charge on any atom is 0.122 e. The van der Waals surface area contributed by atoms with E-state index in [4.69, 9.17) is 9.47 Å². The van der Waals surface area contributed by atoms with E-state index in [0.29, 0.717) is 10.9 Å². The van der Waals surface area contributed by atoms with Gasteiger partial charge in [0.25, 0.3) is 0 Å². The van der Waals surface area contributed by atoms with Gasteiger partial charge in [-0.1, -0.05) is 35.0 Å². The van der Waals surface area contributed by atoms with Crippen molar-refractivity contribution in [2.75, 3.05) is 32.9 Å². The molecule has 2 atom stereocenters. The van der Waals surface area contributed by atoms with Crippen LogP contribution in [0.25, 0.3) is 0 Å². The van der Waals surface area contributed by atoms with Crippen LogP contribution < -0.4 is 4.74 Å². The van der Waals surface area contributed by atoms with Gasteiger partial charge < -0.3 is 9.47 Å². The summed E-state index contributed by atoms with van der Waals surface area (Å²) in [6.07, 6.45) is 9.13. The minimum Gasteiger partial charge on any atom is -0.493 e. The first-order valence-corrected chi connectivity index (χ1v) is 10.7. The summed E-state index contributed by atoms with van der Waals surface area (Å²) in [5.41, 5.74) is 2.88. The Kier molecular flexibility index (Phi) is 7.63. The Labute approximate surface area is 161 Å². The lowest BCUT2D eigenvalue weighted by atomic mass is 9.91. The van der Waals surface area contributed by atoms with Gasteiger partial charge in [-0.25, -0.2) is 0 Å². The van der Waals surface area contributed by atoms with Gasteiger partial charge >= 0.3 is 0 Å². The molecule has 139 valence electrons. The van der Waals surface area contributed by atoms with Crippen LogP contribution in [0, 0.1) is 6.42 Å². The molecule has 1 aliphatic heterocycles. The Morgan fingerprint density at radius 2 is 2.32 bits per heavy atom. The van der Waals surface area contributed by atoms with Gasteiger partial charge in [0.15, 0.2) is 0 Å². The summed E-state index contributed by atoms with van der Waals surface area (Å²) in [7, 11) is 0. The van der Waals surface area contributed by atoms with Crippen molar-refractivity contribution in [3.63, 3.8) is 0 Å². The van der Waals surface area contributed by atoms with Crippen molar-refractivity contribution in [2.45, 2.75) is 56.3 Å². The Balaban J connectivity index is 1.47. The first-order valence-electron chi connectivity index (χ1n) is 9.75. The maximum absolute atomic E-state index is 6.17. The van der Waals surface area contributed by atoms with E-state index in [9.17, 15) is 0 Å². The van der Waals surface area contributed by atoms with Crippen LogP contribution in [-0.2, 0) is 17.6 Å². The smallest absolute Gasteiger partial charge is 0.122 e. The van der Waals surface area contributed by atoms with Crippen LogP contribution in [-0.4, -0.2) is 48.7 Å². The van der Waals surface area contributed by atoms with Crippen LogP contribution in [0.1, 0.15) is 43.7 Å². The largest absolute Gasteiger partial charge is 0.493 e. The van der Waals surface area contributed by atoms with E-state index in [1.807, 2.05) is 0 Å². The highest BCUT2D eigenvalue weighted by Crippen LogP contribution is 2.32. The summed E-state index contributed by atoms with van der Waals surface area (Å²) in [5.74, 6) is 1.10. The number of hydrogen-bond acceptors (Lipinski definition) is 3. The summed E-state index contributed by atoms with van der Waals surface area (Å²) >= 11 is 3.78. The van der Waals surface area contributed by atoms with E-state index < -0.39 is 0 Å². The third-order valence-corrected chi connectivity index (χ3v) is 6.16. The molecule has 0 saturated carbocycles. The highest BCUT2D eigenvalue weighted by atomic mass is 79.9. The molecule has 0 bridgehead atoms. The fourth-order valence-electron chi connectivity index (χ4n) is 3.89. The summed E-state index contributed by atoms with van der Waals surface area (Å²) < 4.78 is 11.9. The van der Waals surface area contributed by atoms with Crippen molar-refractivity contribution in [1.82, 2.24) is 4.90 Å². The maximum atomic E-state index is 6.17. The molecule has 0 amide bonds. The second kappa shape index (κ2) is 9.94. The quantitative estimate of drug-likeness (QED) is 0.469. The second-order valence-corrected chi connectivity index (χ2v) is 8.48. The molecule has 1 aliphatic carbocycles. The number of aryl methyl sites for hydroxylation is 1. The summed E-state index contributed by atoms with van der Waals surface area (Å²) in [4.78, 5) is 3.18. The zero-order chi connectivity index (χ0) is 17.5. The topological polar surface area (TPSA) is 21.7 Å². The number of rotatable bonds is 8. The fourth-order valence-corrected chi connectivity index (χ4v) is 4.45. The molecule has 0 aromatic heterocycles. The van der Waals surface area contributed by atoms with Crippen molar-refractivity contribution >= 4 is 15.9 Å². The lowest BCUT2D eigenvalue weighted by molar-refractivity contribution is -0.0114. The van der Waals surface area contributed by atoms with E-state index in [-0.39, 0.29) is 0 Å². The zero-order valence-corrected chi connectivity index (χ0v) is 17.0. The van der Waals surface area contributed by atoms with Crippen LogP contribution in [0.5, 0.6) is 5.75 Å². The van der Waals surface area contributed by atoms with Crippen molar-refractivity contribution in [1.29, 1.82) is 0 Å². The molecule has 1 fully saturated rings. The third kappa shape index (κ3) is 5.45. The first kappa shape index (κ1) is 19.2. The molecule has 2 aliphatic rings. The number of benzene rings is 1. The second-order valence-electron chi connectivity index (χ2n) is 7.19. The van der Waals surface area contributed by atoms with E-state index in [1.54, 1.807) is 0 Å². The van der Waals surface area contributed by atoms with Gasteiger partial charge in [-0.2, -0.15) is 0 Å². The number of alkyl halides is 1. The van der Waals surface area contributed by atoms with Crippen LogP contribution in [0.4, 0.5) is 0 Å². The Morgan fingerprint density at radius 3 is 3.20 bits per heavy atom. The molecule has 3 nitrogen and oxygen atoms in total. The number of nitrogens with zero attached hydrogens (tertiary/aromatic N) is 1. The van der Waals surface area contributed by atoms with Gasteiger partial charge in [0.1, 0.15) is 5.75 Å². The number of ether oxygens (including phenoxy) is 2. The Morgan fingerprint density at radius 1 is 1.40 bits per heavy atom. The molecule has 3 rings (SSSR count). The van der Waals surface area contributed by atoms with Crippen LogP contribution >= 0.6 is 15.9 Å².